The Balaban J connectivity index is 2.57. The molecule has 0 saturated heterocycles. The van der Waals surface area contributed by atoms with Crippen LogP contribution in [0, 0.1) is 11.2 Å². The molecular weight excluding hydrogens is 271 g/mol. The fraction of sp³-hybridized carbons (Fsp3) is 0.500. The van der Waals surface area contributed by atoms with E-state index in [-0.39, 0.29) is 15.0 Å². The monoisotopic (exact) mass is 292 g/mol. The van der Waals surface area contributed by atoms with Crippen LogP contribution in [-0.4, -0.2) is 15.0 Å². The Kier molecular flexibility index (Phi) is 3.15. The predicted molar refractivity (Wildman–Crippen MR) is 75.9 cm³/mol. The second kappa shape index (κ2) is 4.20. The van der Waals surface area contributed by atoms with Gasteiger partial charge in [0.2, 0.25) is 0 Å². The molecule has 0 unspecified atom stereocenters. The first kappa shape index (κ1) is 12.7. The summed E-state index contributed by atoms with van der Waals surface area (Å²) in [6, 6.07) is 6.89. The molecule has 0 aliphatic heterocycles. The van der Waals surface area contributed by atoms with Gasteiger partial charge in [0.05, 0.1) is 0 Å². The number of terminal acetylenes is 1. The molecule has 1 heteroatoms. The summed E-state index contributed by atoms with van der Waals surface area (Å²) in [6.45, 7) is 9.42. The SMILES string of the molecule is C#C[Se]c1ccc2c(c1)C(C)(C)CCC2(C)C. The molecule has 0 heterocycles. The van der Waals surface area contributed by atoms with Crippen molar-refractivity contribution in [1.82, 2.24) is 0 Å². The van der Waals surface area contributed by atoms with Gasteiger partial charge in [0.25, 0.3) is 0 Å². The molecule has 0 spiro atoms. The quantitative estimate of drug-likeness (QED) is 0.551. The van der Waals surface area contributed by atoms with Gasteiger partial charge in [-0.05, 0) is 0 Å². The van der Waals surface area contributed by atoms with Gasteiger partial charge in [0.1, 0.15) is 0 Å². The molecule has 0 radical (unpaired) electrons. The van der Waals surface area contributed by atoms with Crippen molar-refractivity contribution < 1.29 is 0 Å². The maximum atomic E-state index is 5.44. The van der Waals surface area contributed by atoms with Gasteiger partial charge in [-0.1, -0.05) is 0 Å². The molecule has 0 fully saturated rings. The topological polar surface area (TPSA) is 0 Å². The molecule has 17 heavy (non-hydrogen) atoms. The molecule has 1 aliphatic rings. The van der Waals surface area contributed by atoms with Gasteiger partial charge in [0, 0.05) is 0 Å². The zero-order valence-corrected chi connectivity index (χ0v) is 12.8. The van der Waals surface area contributed by atoms with Crippen molar-refractivity contribution >= 4 is 19.4 Å². The van der Waals surface area contributed by atoms with Crippen molar-refractivity contribution in [2.45, 2.75) is 51.4 Å². The van der Waals surface area contributed by atoms with E-state index in [0.717, 1.165) is 0 Å². The average Bonchev–Trinajstić information content (AvgIpc) is 2.26. The van der Waals surface area contributed by atoms with E-state index >= 15 is 0 Å². The van der Waals surface area contributed by atoms with Crippen molar-refractivity contribution in [3.63, 3.8) is 0 Å². The zero-order valence-electron chi connectivity index (χ0n) is 11.1. The molecule has 1 aromatic carbocycles. The summed E-state index contributed by atoms with van der Waals surface area (Å²) in [4.78, 5) is 2.80. The first-order chi connectivity index (χ1) is 7.87. The Bertz CT molecular complexity index is 475. The zero-order chi connectivity index (χ0) is 12.7. The summed E-state index contributed by atoms with van der Waals surface area (Å²) in [6.07, 6.45) is 7.97. The first-order valence-electron chi connectivity index (χ1n) is 6.14. The molecule has 0 bridgehead atoms. The van der Waals surface area contributed by atoms with Crippen molar-refractivity contribution in [2.75, 3.05) is 0 Å². The Morgan fingerprint density at radius 1 is 1.06 bits per heavy atom. The first-order valence-corrected chi connectivity index (χ1v) is 7.86. The number of hydrogen-bond acceptors (Lipinski definition) is 0. The third-order valence-electron chi connectivity index (χ3n) is 4.00. The summed E-state index contributed by atoms with van der Waals surface area (Å²) < 4.78 is 1.34. The van der Waals surface area contributed by atoms with Gasteiger partial charge in [-0.3, -0.25) is 0 Å². The number of rotatable bonds is 1. The summed E-state index contributed by atoms with van der Waals surface area (Å²) in [5, 5.41) is 0. The Morgan fingerprint density at radius 2 is 1.65 bits per heavy atom. The molecule has 1 aliphatic carbocycles. The normalized spacial score (nSPS) is 20.4. The number of hydrogen-bond donors (Lipinski definition) is 0. The molecule has 2 rings (SSSR count). The Hall–Kier alpha value is -0.701. The summed E-state index contributed by atoms with van der Waals surface area (Å²) in [5.41, 5.74) is 3.65. The predicted octanol–water partition coefficient (Wildman–Crippen LogP) is 2.96. The van der Waals surface area contributed by atoms with Crippen LogP contribution in [0.5, 0.6) is 0 Å². The molecular formula is C16H20Se. The minimum absolute atomic E-state index is 0.187. The molecule has 90 valence electrons. The van der Waals surface area contributed by atoms with Crippen LogP contribution in [0.15, 0.2) is 18.2 Å². The molecule has 0 amide bonds. The minimum atomic E-state index is 0.187. The van der Waals surface area contributed by atoms with E-state index in [0.29, 0.717) is 10.8 Å². The second-order valence-electron chi connectivity index (χ2n) is 6.20. The van der Waals surface area contributed by atoms with Gasteiger partial charge < -0.3 is 0 Å². The molecule has 0 N–H and O–H groups in total. The van der Waals surface area contributed by atoms with Crippen LogP contribution in [0.1, 0.15) is 51.7 Å². The van der Waals surface area contributed by atoms with Crippen LogP contribution in [0.4, 0.5) is 0 Å². The van der Waals surface area contributed by atoms with E-state index in [9.17, 15) is 0 Å². The Labute approximate surface area is 111 Å². The van der Waals surface area contributed by atoms with Crippen LogP contribution in [-0.2, 0) is 10.8 Å². The fourth-order valence-corrected chi connectivity index (χ4v) is 3.64. The maximum absolute atomic E-state index is 5.44. The Morgan fingerprint density at radius 3 is 2.24 bits per heavy atom. The summed E-state index contributed by atoms with van der Waals surface area (Å²) in [5.74, 6) is 0. The van der Waals surface area contributed by atoms with Gasteiger partial charge in [-0.2, -0.15) is 0 Å². The number of benzene rings is 1. The molecule has 1 aromatic rings. The van der Waals surface area contributed by atoms with Gasteiger partial charge in [-0.25, -0.2) is 0 Å². The van der Waals surface area contributed by atoms with Gasteiger partial charge >= 0.3 is 111 Å². The van der Waals surface area contributed by atoms with Gasteiger partial charge in [0.15, 0.2) is 0 Å². The van der Waals surface area contributed by atoms with E-state index in [1.165, 1.54) is 28.4 Å². The van der Waals surface area contributed by atoms with E-state index in [2.05, 4.69) is 50.7 Å². The van der Waals surface area contributed by atoms with E-state index < -0.39 is 0 Å². The van der Waals surface area contributed by atoms with Gasteiger partial charge in [-0.15, -0.1) is 0 Å². The van der Waals surface area contributed by atoms with Crippen LogP contribution >= 0.6 is 0 Å². The third kappa shape index (κ3) is 2.30. The van der Waals surface area contributed by atoms with Crippen LogP contribution < -0.4 is 4.46 Å². The van der Waals surface area contributed by atoms with E-state index in [4.69, 9.17) is 6.42 Å². The molecule has 0 atom stereocenters. The fourth-order valence-electron chi connectivity index (χ4n) is 2.70. The van der Waals surface area contributed by atoms with Crippen molar-refractivity contribution in [2.24, 2.45) is 0 Å². The van der Waals surface area contributed by atoms with E-state index in [1.54, 1.807) is 0 Å². The molecule has 0 nitrogen and oxygen atoms in total. The third-order valence-corrected chi connectivity index (χ3v) is 5.28. The van der Waals surface area contributed by atoms with Crippen LogP contribution in [0.3, 0.4) is 0 Å². The van der Waals surface area contributed by atoms with Crippen molar-refractivity contribution in [3.8, 4) is 11.2 Å². The standard InChI is InChI=1S/C16H20Se/c1-6-17-12-7-8-13-14(11-12)16(4,5)10-9-15(13,2)3/h1,7-8,11H,9-10H2,2-5H3. The van der Waals surface area contributed by atoms with E-state index in [1.807, 2.05) is 0 Å². The van der Waals surface area contributed by atoms with Crippen molar-refractivity contribution in [1.29, 1.82) is 0 Å². The average molecular weight is 291 g/mol. The second-order valence-corrected chi connectivity index (χ2v) is 8.11. The molecule has 0 aromatic heterocycles. The van der Waals surface area contributed by atoms with Crippen LogP contribution in [0.2, 0.25) is 0 Å². The van der Waals surface area contributed by atoms with Crippen LogP contribution in [0.25, 0.3) is 0 Å². The molecule has 0 saturated carbocycles. The summed E-state index contributed by atoms with van der Waals surface area (Å²) >= 11 is 0.187. The van der Waals surface area contributed by atoms with Crippen molar-refractivity contribution in [3.05, 3.63) is 29.3 Å². The summed E-state index contributed by atoms with van der Waals surface area (Å²) in [7, 11) is 0. The number of fused-ring (bicyclic) bond motifs is 1.